The number of nitrogens with one attached hydrogen (secondary N) is 1. The van der Waals surface area contributed by atoms with Crippen LogP contribution in [-0.2, 0) is 16.1 Å². The highest BCUT2D eigenvalue weighted by Gasteiger charge is 2.65. The van der Waals surface area contributed by atoms with Gasteiger partial charge in [0.15, 0.2) is 0 Å². The van der Waals surface area contributed by atoms with E-state index in [0.29, 0.717) is 16.3 Å². The molecular weight excluding hydrogens is 294 g/mol. The van der Waals surface area contributed by atoms with E-state index in [-0.39, 0.29) is 12.5 Å². The molecule has 2 N–H and O–H groups in total. The highest BCUT2D eigenvalue weighted by Crippen LogP contribution is 2.58. The second-order valence-corrected chi connectivity index (χ2v) is 6.16. The molecule has 2 rings (SSSR count). The van der Waals surface area contributed by atoms with Crippen LogP contribution >= 0.6 is 11.6 Å². The molecule has 2 atom stereocenters. The fraction of sp³-hybridized carbons (Fsp3) is 0.467. The molecule has 1 amide bonds. The zero-order valence-corrected chi connectivity index (χ0v) is 12.9. The normalized spacial score (nSPS) is 22.5. The van der Waals surface area contributed by atoms with Gasteiger partial charge in [0.05, 0.1) is 18.9 Å². The van der Waals surface area contributed by atoms with Crippen LogP contribution in [0.25, 0.3) is 0 Å². The van der Waals surface area contributed by atoms with Crippen LogP contribution in [0.3, 0.4) is 0 Å². The number of benzene rings is 1. The number of carbonyl (C=O) groups excluding carboxylic acids is 1. The summed E-state index contributed by atoms with van der Waals surface area (Å²) in [5, 5.41) is 12.3. The Labute approximate surface area is 128 Å². The number of carboxylic acids is 1. The summed E-state index contributed by atoms with van der Waals surface area (Å²) in [5.74, 6) is -1.76. The van der Waals surface area contributed by atoms with E-state index < -0.39 is 23.2 Å². The number of hydrogen-bond acceptors (Lipinski definition) is 3. The van der Waals surface area contributed by atoms with Crippen molar-refractivity contribution in [3.63, 3.8) is 0 Å². The third-order valence-corrected chi connectivity index (χ3v) is 4.47. The molecule has 0 unspecified atom stereocenters. The molecule has 5 nitrogen and oxygen atoms in total. The van der Waals surface area contributed by atoms with Gasteiger partial charge in [-0.1, -0.05) is 31.5 Å². The minimum atomic E-state index is -0.935. The van der Waals surface area contributed by atoms with Gasteiger partial charge in [0.2, 0.25) is 5.91 Å². The van der Waals surface area contributed by atoms with Gasteiger partial charge in [-0.15, -0.1) is 0 Å². The van der Waals surface area contributed by atoms with Gasteiger partial charge in [-0.3, -0.25) is 9.59 Å². The topological polar surface area (TPSA) is 75.6 Å². The van der Waals surface area contributed by atoms with Gasteiger partial charge < -0.3 is 15.2 Å². The number of aliphatic carboxylic acids is 1. The van der Waals surface area contributed by atoms with Gasteiger partial charge in [0, 0.05) is 17.1 Å². The summed E-state index contributed by atoms with van der Waals surface area (Å²) in [5.41, 5.74) is 0.167. The van der Waals surface area contributed by atoms with Gasteiger partial charge in [-0.05, 0) is 17.5 Å². The molecule has 0 spiro atoms. The Bertz CT molecular complexity index is 585. The van der Waals surface area contributed by atoms with Gasteiger partial charge in [0.25, 0.3) is 0 Å². The monoisotopic (exact) mass is 311 g/mol. The molecule has 0 aliphatic heterocycles. The molecule has 0 aromatic heterocycles. The lowest BCUT2D eigenvalue weighted by Crippen LogP contribution is -2.27. The van der Waals surface area contributed by atoms with E-state index in [1.54, 1.807) is 32.0 Å². The van der Waals surface area contributed by atoms with Crippen molar-refractivity contribution in [2.45, 2.75) is 20.4 Å². The van der Waals surface area contributed by atoms with Crippen LogP contribution < -0.4 is 10.1 Å². The number of hydrogen-bond donors (Lipinski definition) is 2. The van der Waals surface area contributed by atoms with Crippen molar-refractivity contribution < 1.29 is 19.4 Å². The number of carbonyl (C=O) groups is 2. The van der Waals surface area contributed by atoms with Crippen molar-refractivity contribution in [2.24, 2.45) is 17.3 Å². The summed E-state index contributed by atoms with van der Waals surface area (Å²) in [4.78, 5) is 23.3. The smallest absolute Gasteiger partial charge is 0.307 e. The number of carboxylic acid groups (broad SMARTS) is 1. The van der Waals surface area contributed by atoms with E-state index >= 15 is 0 Å². The van der Waals surface area contributed by atoms with E-state index in [1.807, 2.05) is 0 Å². The molecule has 1 aliphatic carbocycles. The SMILES string of the molecule is COc1cccc(Cl)c1CNC(=O)[C@H]1[C@@H](C(=O)O)C1(C)C. The molecule has 1 aliphatic rings. The Balaban J connectivity index is 2.05. The average Bonchev–Trinajstić information content (AvgIpc) is 3.00. The quantitative estimate of drug-likeness (QED) is 0.875. The second kappa shape index (κ2) is 5.56. The van der Waals surface area contributed by atoms with Crippen LogP contribution in [0.4, 0.5) is 0 Å². The predicted octanol–water partition coefficient (Wildman–Crippen LogP) is 2.32. The summed E-state index contributed by atoms with van der Waals surface area (Å²) in [6, 6.07) is 5.23. The fourth-order valence-electron chi connectivity index (χ4n) is 2.78. The first-order valence-electron chi connectivity index (χ1n) is 6.62. The Morgan fingerprint density at radius 2 is 2.05 bits per heavy atom. The lowest BCUT2D eigenvalue weighted by Gasteiger charge is -2.11. The second-order valence-electron chi connectivity index (χ2n) is 5.75. The lowest BCUT2D eigenvalue weighted by molar-refractivity contribution is -0.140. The largest absolute Gasteiger partial charge is 0.496 e. The van der Waals surface area contributed by atoms with Crippen molar-refractivity contribution in [3.05, 3.63) is 28.8 Å². The van der Waals surface area contributed by atoms with E-state index in [1.165, 1.54) is 7.11 Å². The highest BCUT2D eigenvalue weighted by atomic mass is 35.5. The molecule has 6 heteroatoms. The molecule has 0 saturated heterocycles. The maximum absolute atomic E-state index is 12.2. The molecule has 1 aromatic rings. The van der Waals surface area contributed by atoms with Crippen LogP contribution in [0, 0.1) is 17.3 Å². The summed E-state index contributed by atoms with van der Waals surface area (Å²) in [6.07, 6.45) is 0. The molecule has 21 heavy (non-hydrogen) atoms. The molecule has 0 bridgehead atoms. The zero-order chi connectivity index (χ0) is 15.8. The third kappa shape index (κ3) is 2.83. The van der Waals surface area contributed by atoms with Crippen LogP contribution in [-0.4, -0.2) is 24.1 Å². The third-order valence-electron chi connectivity index (χ3n) is 4.11. The standard InChI is InChI=1S/C15H18ClNO4/c1-15(2)11(12(15)14(19)20)13(18)17-7-8-9(16)5-4-6-10(8)21-3/h4-6,11-12H,7H2,1-3H3,(H,17,18)(H,19,20)/t11-,12+/m1/s1. The van der Waals surface area contributed by atoms with E-state index in [0.717, 1.165) is 0 Å². The first kappa shape index (κ1) is 15.6. The minimum absolute atomic E-state index is 0.209. The molecular formula is C15H18ClNO4. The summed E-state index contributed by atoms with van der Waals surface area (Å²) in [6.45, 7) is 3.78. The van der Waals surface area contributed by atoms with Crippen molar-refractivity contribution in [1.29, 1.82) is 0 Å². The van der Waals surface area contributed by atoms with Crippen molar-refractivity contribution in [2.75, 3.05) is 7.11 Å². The van der Waals surface area contributed by atoms with E-state index in [4.69, 9.17) is 21.4 Å². The lowest BCUT2D eigenvalue weighted by atomic mass is 10.1. The van der Waals surface area contributed by atoms with Crippen LogP contribution in [0.15, 0.2) is 18.2 Å². The zero-order valence-electron chi connectivity index (χ0n) is 12.1. The van der Waals surface area contributed by atoms with E-state index in [2.05, 4.69) is 5.32 Å². The van der Waals surface area contributed by atoms with Gasteiger partial charge >= 0.3 is 5.97 Å². The number of halogens is 1. The fourth-order valence-corrected chi connectivity index (χ4v) is 3.01. The van der Waals surface area contributed by atoms with Gasteiger partial charge in [0.1, 0.15) is 5.75 Å². The Morgan fingerprint density at radius 3 is 2.57 bits per heavy atom. The first-order chi connectivity index (χ1) is 9.80. The minimum Gasteiger partial charge on any atom is -0.496 e. The molecule has 0 heterocycles. The number of amides is 1. The maximum Gasteiger partial charge on any atom is 0.307 e. The van der Waals surface area contributed by atoms with Crippen molar-refractivity contribution in [1.82, 2.24) is 5.32 Å². The van der Waals surface area contributed by atoms with Gasteiger partial charge in [-0.2, -0.15) is 0 Å². The first-order valence-corrected chi connectivity index (χ1v) is 7.00. The summed E-state index contributed by atoms with van der Waals surface area (Å²) >= 11 is 6.10. The number of rotatable bonds is 5. The van der Waals surface area contributed by atoms with Gasteiger partial charge in [-0.25, -0.2) is 0 Å². The van der Waals surface area contributed by atoms with Crippen LogP contribution in [0.2, 0.25) is 5.02 Å². The predicted molar refractivity (Wildman–Crippen MR) is 78.2 cm³/mol. The Morgan fingerprint density at radius 1 is 1.38 bits per heavy atom. The Kier molecular flexibility index (Phi) is 4.14. The molecule has 1 aromatic carbocycles. The number of methoxy groups -OCH3 is 1. The molecule has 1 fully saturated rings. The van der Waals surface area contributed by atoms with Crippen LogP contribution in [0.1, 0.15) is 19.4 Å². The molecule has 1 saturated carbocycles. The summed E-state index contributed by atoms with van der Waals surface area (Å²) in [7, 11) is 1.53. The van der Waals surface area contributed by atoms with E-state index in [9.17, 15) is 9.59 Å². The highest BCUT2D eigenvalue weighted by molar-refractivity contribution is 6.31. The van der Waals surface area contributed by atoms with Crippen molar-refractivity contribution >= 4 is 23.5 Å². The molecule has 0 radical (unpaired) electrons. The summed E-state index contributed by atoms with van der Waals surface area (Å²) < 4.78 is 5.20. The number of ether oxygens (including phenoxy) is 1. The van der Waals surface area contributed by atoms with Crippen molar-refractivity contribution in [3.8, 4) is 5.75 Å². The average molecular weight is 312 g/mol. The molecule has 114 valence electrons. The Hall–Kier alpha value is -1.75. The van der Waals surface area contributed by atoms with Crippen LogP contribution in [0.5, 0.6) is 5.75 Å². The maximum atomic E-state index is 12.2.